The molecule has 1 unspecified atom stereocenters. The first-order chi connectivity index (χ1) is 16.6. The molecule has 0 fully saturated rings. The van der Waals surface area contributed by atoms with Crippen LogP contribution in [-0.4, -0.2) is 12.5 Å². The molecule has 2 atom stereocenters. The number of carbonyl (C=O) groups is 1. The molecule has 0 aliphatic carbocycles. The molecular formula is C29H32F3NO2. The summed E-state index contributed by atoms with van der Waals surface area (Å²) in [4.78, 5) is 12.8. The van der Waals surface area contributed by atoms with E-state index < -0.39 is 17.8 Å². The van der Waals surface area contributed by atoms with Crippen molar-refractivity contribution in [3.05, 3.63) is 101 Å². The first-order valence-electron chi connectivity index (χ1n) is 11.9. The van der Waals surface area contributed by atoms with Crippen molar-refractivity contribution in [1.82, 2.24) is 5.32 Å². The van der Waals surface area contributed by atoms with E-state index in [2.05, 4.69) is 31.3 Å². The van der Waals surface area contributed by atoms with Gasteiger partial charge in [0, 0.05) is 13.0 Å². The average molecular weight is 484 g/mol. The van der Waals surface area contributed by atoms with Crippen LogP contribution in [0.3, 0.4) is 0 Å². The van der Waals surface area contributed by atoms with E-state index in [9.17, 15) is 18.0 Å². The molecule has 0 radical (unpaired) electrons. The highest BCUT2D eigenvalue weighted by molar-refractivity contribution is 5.83. The van der Waals surface area contributed by atoms with Crippen LogP contribution in [0.4, 0.5) is 13.2 Å². The fourth-order valence-electron chi connectivity index (χ4n) is 3.89. The Balaban J connectivity index is 1.61. The lowest BCUT2D eigenvalue weighted by molar-refractivity contribution is -0.137. The van der Waals surface area contributed by atoms with E-state index in [4.69, 9.17) is 4.74 Å². The van der Waals surface area contributed by atoms with Gasteiger partial charge in [0.05, 0.1) is 11.5 Å². The molecule has 0 aliphatic rings. The van der Waals surface area contributed by atoms with Gasteiger partial charge in [-0.3, -0.25) is 4.79 Å². The number of carbonyl (C=O) groups excluding carboxylic acids is 1. The lowest BCUT2D eigenvalue weighted by Gasteiger charge is -2.21. The zero-order chi connectivity index (χ0) is 25.4. The van der Waals surface area contributed by atoms with E-state index in [-0.39, 0.29) is 11.8 Å². The molecule has 1 N–H and O–H groups in total. The predicted molar refractivity (Wildman–Crippen MR) is 132 cm³/mol. The lowest BCUT2D eigenvalue weighted by atomic mass is 9.96. The molecule has 0 heterocycles. The highest BCUT2D eigenvalue weighted by atomic mass is 19.4. The number of ether oxygens (including phenoxy) is 1. The largest absolute Gasteiger partial charge is 0.486 e. The normalized spacial score (nSPS) is 13.3. The summed E-state index contributed by atoms with van der Waals surface area (Å²) < 4.78 is 44.6. The Morgan fingerprint density at radius 3 is 2.06 bits per heavy atom. The molecule has 0 aromatic heterocycles. The SMILES string of the molecule is CC(C)Cc1ccc(C(C)C(=O)NCC[C@@H](Oc2ccc(C(F)(F)F)cc2)c2ccccc2)cc1. The molecule has 3 aromatic rings. The average Bonchev–Trinajstić information content (AvgIpc) is 2.83. The highest BCUT2D eigenvalue weighted by Crippen LogP contribution is 2.32. The molecule has 0 bridgehead atoms. The summed E-state index contributed by atoms with van der Waals surface area (Å²) in [6.07, 6.45) is -3.34. The van der Waals surface area contributed by atoms with E-state index in [0.29, 0.717) is 24.6 Å². The number of halogens is 3. The summed E-state index contributed by atoms with van der Waals surface area (Å²) in [6, 6.07) is 22.2. The third kappa shape index (κ3) is 7.88. The van der Waals surface area contributed by atoms with Crippen LogP contribution in [0.5, 0.6) is 5.75 Å². The van der Waals surface area contributed by atoms with Gasteiger partial charge in [0.25, 0.3) is 0 Å². The van der Waals surface area contributed by atoms with Crippen LogP contribution in [0.1, 0.15) is 61.5 Å². The van der Waals surface area contributed by atoms with Gasteiger partial charge in [-0.1, -0.05) is 68.4 Å². The second kappa shape index (κ2) is 11.9. The van der Waals surface area contributed by atoms with Crippen LogP contribution in [0.2, 0.25) is 0 Å². The van der Waals surface area contributed by atoms with Crippen molar-refractivity contribution in [2.75, 3.05) is 6.54 Å². The molecule has 0 spiro atoms. The monoisotopic (exact) mass is 483 g/mol. The standard InChI is InChI=1S/C29H32F3NO2/c1-20(2)19-22-9-11-23(12-10-22)21(3)28(34)33-18-17-27(24-7-5-4-6-8-24)35-26-15-13-25(14-16-26)29(30,31)32/h4-16,20-21,27H,17-19H2,1-3H3,(H,33,34)/t21?,27-/m1/s1. The number of hydrogen-bond acceptors (Lipinski definition) is 2. The Labute approximate surface area is 205 Å². The molecule has 0 saturated carbocycles. The topological polar surface area (TPSA) is 38.3 Å². The summed E-state index contributed by atoms with van der Waals surface area (Å²) in [6.45, 7) is 6.59. The van der Waals surface area contributed by atoms with Gasteiger partial charge in [-0.15, -0.1) is 0 Å². The summed E-state index contributed by atoms with van der Waals surface area (Å²) in [5.74, 6) is 0.536. The van der Waals surface area contributed by atoms with Gasteiger partial charge in [-0.05, 0) is 60.2 Å². The quantitative estimate of drug-likeness (QED) is 0.328. The summed E-state index contributed by atoms with van der Waals surface area (Å²) in [5.41, 5.74) is 2.37. The molecule has 0 saturated heterocycles. The van der Waals surface area contributed by atoms with Gasteiger partial charge in [-0.25, -0.2) is 0 Å². The number of amides is 1. The number of alkyl halides is 3. The van der Waals surface area contributed by atoms with E-state index in [1.165, 1.54) is 17.7 Å². The van der Waals surface area contributed by atoms with E-state index in [1.54, 1.807) is 0 Å². The van der Waals surface area contributed by atoms with Crippen molar-refractivity contribution in [3.8, 4) is 5.75 Å². The zero-order valence-corrected chi connectivity index (χ0v) is 20.3. The van der Waals surface area contributed by atoms with Gasteiger partial charge in [0.15, 0.2) is 0 Å². The minimum absolute atomic E-state index is 0.0806. The molecule has 6 heteroatoms. The van der Waals surface area contributed by atoms with Crippen LogP contribution in [0.25, 0.3) is 0 Å². The molecule has 3 rings (SSSR count). The maximum atomic E-state index is 12.9. The number of hydrogen-bond donors (Lipinski definition) is 1. The zero-order valence-electron chi connectivity index (χ0n) is 20.3. The second-order valence-electron chi connectivity index (χ2n) is 9.18. The summed E-state index contributed by atoms with van der Waals surface area (Å²) >= 11 is 0. The highest BCUT2D eigenvalue weighted by Gasteiger charge is 2.30. The first-order valence-corrected chi connectivity index (χ1v) is 11.9. The van der Waals surface area contributed by atoms with Crippen LogP contribution in [0, 0.1) is 5.92 Å². The third-order valence-corrected chi connectivity index (χ3v) is 5.85. The molecule has 1 amide bonds. The maximum Gasteiger partial charge on any atom is 0.416 e. The molecular weight excluding hydrogens is 451 g/mol. The summed E-state index contributed by atoms with van der Waals surface area (Å²) in [7, 11) is 0. The van der Waals surface area contributed by atoms with Crippen molar-refractivity contribution in [1.29, 1.82) is 0 Å². The first kappa shape index (κ1) is 26.3. The number of benzene rings is 3. The van der Waals surface area contributed by atoms with Crippen molar-refractivity contribution in [2.45, 2.75) is 51.8 Å². The van der Waals surface area contributed by atoms with E-state index in [0.717, 1.165) is 29.7 Å². The van der Waals surface area contributed by atoms with Crippen LogP contribution < -0.4 is 10.1 Å². The van der Waals surface area contributed by atoms with Gasteiger partial charge >= 0.3 is 6.18 Å². The third-order valence-electron chi connectivity index (χ3n) is 5.85. The Morgan fingerprint density at radius 1 is 0.857 bits per heavy atom. The summed E-state index contributed by atoms with van der Waals surface area (Å²) in [5, 5.41) is 2.98. The Hall–Kier alpha value is -3.28. The van der Waals surface area contributed by atoms with Gasteiger partial charge in [0.2, 0.25) is 5.91 Å². The second-order valence-corrected chi connectivity index (χ2v) is 9.18. The van der Waals surface area contributed by atoms with Crippen molar-refractivity contribution in [3.63, 3.8) is 0 Å². The fourth-order valence-corrected chi connectivity index (χ4v) is 3.89. The van der Waals surface area contributed by atoms with Crippen LogP contribution in [0.15, 0.2) is 78.9 Å². The van der Waals surface area contributed by atoms with Gasteiger partial charge < -0.3 is 10.1 Å². The van der Waals surface area contributed by atoms with Crippen molar-refractivity contribution < 1.29 is 22.7 Å². The molecule has 3 aromatic carbocycles. The number of rotatable bonds is 10. The van der Waals surface area contributed by atoms with Crippen LogP contribution >= 0.6 is 0 Å². The maximum absolute atomic E-state index is 12.9. The molecule has 0 aliphatic heterocycles. The Morgan fingerprint density at radius 2 is 1.49 bits per heavy atom. The Bertz CT molecular complexity index is 1060. The van der Waals surface area contributed by atoms with Crippen molar-refractivity contribution in [2.24, 2.45) is 5.92 Å². The molecule has 3 nitrogen and oxygen atoms in total. The smallest absolute Gasteiger partial charge is 0.416 e. The lowest BCUT2D eigenvalue weighted by Crippen LogP contribution is -2.30. The van der Waals surface area contributed by atoms with Crippen molar-refractivity contribution >= 4 is 5.91 Å². The number of nitrogens with one attached hydrogen (secondary N) is 1. The van der Waals surface area contributed by atoms with E-state index in [1.807, 2.05) is 49.4 Å². The minimum Gasteiger partial charge on any atom is -0.486 e. The van der Waals surface area contributed by atoms with Gasteiger partial charge in [0.1, 0.15) is 11.9 Å². The fraction of sp³-hybridized carbons (Fsp3) is 0.345. The predicted octanol–water partition coefficient (Wildman–Crippen LogP) is 7.33. The minimum atomic E-state index is -4.40. The van der Waals surface area contributed by atoms with Crippen LogP contribution in [-0.2, 0) is 17.4 Å². The Kier molecular flexibility index (Phi) is 8.96. The molecule has 186 valence electrons. The van der Waals surface area contributed by atoms with E-state index >= 15 is 0 Å². The molecule has 35 heavy (non-hydrogen) atoms. The van der Waals surface area contributed by atoms with Gasteiger partial charge in [-0.2, -0.15) is 13.2 Å².